The standard InChI is InChI=1S/C29H30ClN3O7/c1-38-26-16-19(8-13-25(26)33(29(31)37)24-6-3-2-5-23(24)30)15-21(34)17-39-27-7-4-14-32(27)18-40-22-11-9-20(10-12-22)28(35)36/h2-3,5-6,8-13,16,27H,4,7,14-15,17-18H2,1H3,(H2,31,37)(H,35,36). The van der Waals surface area contributed by atoms with E-state index in [9.17, 15) is 14.4 Å². The van der Waals surface area contributed by atoms with Crippen LogP contribution < -0.4 is 20.1 Å². The number of carboxylic acids is 1. The zero-order chi connectivity index (χ0) is 28.6. The Hall–Kier alpha value is -4.12. The molecule has 1 heterocycles. The number of nitrogens with zero attached hydrogens (tertiary/aromatic N) is 2. The van der Waals surface area contributed by atoms with Crippen LogP contribution in [0.1, 0.15) is 28.8 Å². The third kappa shape index (κ3) is 7.09. The van der Waals surface area contributed by atoms with E-state index >= 15 is 0 Å². The number of urea groups is 1. The van der Waals surface area contributed by atoms with Crippen molar-refractivity contribution in [2.45, 2.75) is 25.5 Å². The highest BCUT2D eigenvalue weighted by atomic mass is 35.5. The average Bonchev–Trinajstić information content (AvgIpc) is 3.40. The number of aromatic carboxylic acids is 1. The molecule has 0 saturated carbocycles. The number of primary amides is 1. The van der Waals surface area contributed by atoms with Gasteiger partial charge < -0.3 is 25.1 Å². The number of nitrogens with two attached hydrogens (primary N) is 1. The first-order valence-electron chi connectivity index (χ1n) is 12.6. The molecule has 11 heteroatoms. The van der Waals surface area contributed by atoms with Crippen LogP contribution >= 0.6 is 11.6 Å². The van der Waals surface area contributed by atoms with Gasteiger partial charge in [-0.05, 0) is 66.9 Å². The molecule has 1 atom stereocenters. The summed E-state index contributed by atoms with van der Waals surface area (Å²) < 4.78 is 17.2. The van der Waals surface area contributed by atoms with Crippen LogP contribution in [0.2, 0.25) is 5.02 Å². The number of para-hydroxylation sites is 1. The molecule has 210 valence electrons. The van der Waals surface area contributed by atoms with E-state index in [-0.39, 0.29) is 37.3 Å². The van der Waals surface area contributed by atoms with E-state index in [0.29, 0.717) is 33.5 Å². The van der Waals surface area contributed by atoms with Crippen LogP contribution in [0.4, 0.5) is 16.2 Å². The Balaban J connectivity index is 1.34. The number of Topliss-reactive ketones (excluding diaryl/α,β-unsaturated/α-hetero) is 1. The highest BCUT2D eigenvalue weighted by Gasteiger charge is 2.27. The minimum Gasteiger partial charge on any atom is -0.495 e. The number of benzene rings is 3. The summed E-state index contributed by atoms with van der Waals surface area (Å²) in [6.07, 6.45) is 1.51. The first-order chi connectivity index (χ1) is 19.3. The van der Waals surface area contributed by atoms with E-state index in [1.807, 2.05) is 4.90 Å². The summed E-state index contributed by atoms with van der Waals surface area (Å²) >= 11 is 6.29. The maximum absolute atomic E-state index is 12.8. The lowest BCUT2D eigenvalue weighted by atomic mass is 10.1. The Morgan fingerprint density at radius 1 is 1.07 bits per heavy atom. The summed E-state index contributed by atoms with van der Waals surface area (Å²) in [6.45, 7) is 0.934. The number of carbonyl (C=O) groups is 3. The minimum atomic E-state index is -0.997. The van der Waals surface area contributed by atoms with E-state index < -0.39 is 12.0 Å². The number of hydrogen-bond acceptors (Lipinski definition) is 7. The van der Waals surface area contributed by atoms with Crippen LogP contribution in [0.5, 0.6) is 11.5 Å². The quantitative estimate of drug-likeness (QED) is 0.317. The molecule has 3 aromatic carbocycles. The fourth-order valence-electron chi connectivity index (χ4n) is 4.47. The smallest absolute Gasteiger partial charge is 0.335 e. The number of ketones is 1. The molecule has 0 aliphatic carbocycles. The number of ether oxygens (including phenoxy) is 3. The molecule has 4 rings (SSSR count). The van der Waals surface area contributed by atoms with Crippen molar-refractivity contribution < 1.29 is 33.7 Å². The van der Waals surface area contributed by atoms with Crippen molar-refractivity contribution in [2.75, 3.05) is 31.9 Å². The van der Waals surface area contributed by atoms with Crippen molar-refractivity contribution in [3.63, 3.8) is 0 Å². The molecular weight excluding hydrogens is 538 g/mol. The maximum atomic E-state index is 12.8. The molecule has 1 saturated heterocycles. The van der Waals surface area contributed by atoms with Gasteiger partial charge in [-0.3, -0.25) is 9.69 Å². The molecule has 0 aromatic heterocycles. The Bertz CT molecular complexity index is 1370. The van der Waals surface area contributed by atoms with Gasteiger partial charge in [-0.2, -0.15) is 0 Å². The summed E-state index contributed by atoms with van der Waals surface area (Å²) in [5, 5.41) is 9.37. The predicted octanol–water partition coefficient (Wildman–Crippen LogP) is 4.85. The topological polar surface area (TPSA) is 132 Å². The van der Waals surface area contributed by atoms with E-state index in [0.717, 1.165) is 19.4 Å². The maximum Gasteiger partial charge on any atom is 0.335 e. The molecule has 10 nitrogen and oxygen atoms in total. The van der Waals surface area contributed by atoms with Gasteiger partial charge in [0.25, 0.3) is 0 Å². The minimum absolute atomic E-state index is 0.0778. The van der Waals surface area contributed by atoms with E-state index in [1.165, 1.54) is 24.1 Å². The summed E-state index contributed by atoms with van der Waals surface area (Å²) in [4.78, 5) is 39.3. The van der Waals surface area contributed by atoms with Crippen LogP contribution in [0, 0.1) is 0 Å². The highest BCUT2D eigenvalue weighted by Crippen LogP contribution is 2.37. The van der Waals surface area contributed by atoms with Crippen molar-refractivity contribution in [1.82, 2.24) is 4.90 Å². The number of carbonyl (C=O) groups excluding carboxylic acids is 2. The van der Waals surface area contributed by atoms with Crippen LogP contribution in [-0.4, -0.2) is 61.0 Å². The van der Waals surface area contributed by atoms with Crippen LogP contribution in [0.15, 0.2) is 66.7 Å². The number of anilines is 2. The van der Waals surface area contributed by atoms with Gasteiger partial charge in [0.05, 0.1) is 29.1 Å². The number of rotatable bonds is 12. The Kier molecular flexibility index (Phi) is 9.60. The Morgan fingerprint density at radius 3 is 2.50 bits per heavy atom. The van der Waals surface area contributed by atoms with Crippen LogP contribution in [-0.2, 0) is 16.0 Å². The van der Waals surface area contributed by atoms with Gasteiger partial charge in [0.15, 0.2) is 5.78 Å². The Labute approximate surface area is 236 Å². The van der Waals surface area contributed by atoms with Crippen molar-refractivity contribution >= 4 is 40.8 Å². The van der Waals surface area contributed by atoms with Crippen molar-refractivity contribution in [1.29, 1.82) is 0 Å². The zero-order valence-electron chi connectivity index (χ0n) is 21.9. The van der Waals surface area contributed by atoms with Gasteiger partial charge in [-0.1, -0.05) is 29.8 Å². The number of carboxylic acid groups (broad SMARTS) is 1. The molecule has 40 heavy (non-hydrogen) atoms. The first-order valence-corrected chi connectivity index (χ1v) is 13.0. The van der Waals surface area contributed by atoms with Crippen molar-refractivity contribution in [3.8, 4) is 11.5 Å². The summed E-state index contributed by atoms with van der Waals surface area (Å²) in [7, 11) is 1.47. The third-order valence-electron chi connectivity index (χ3n) is 6.44. The second-order valence-corrected chi connectivity index (χ2v) is 9.58. The van der Waals surface area contributed by atoms with Crippen LogP contribution in [0.25, 0.3) is 0 Å². The lowest BCUT2D eigenvalue weighted by Crippen LogP contribution is -2.36. The van der Waals surface area contributed by atoms with Gasteiger partial charge >= 0.3 is 12.0 Å². The molecule has 0 bridgehead atoms. The molecule has 2 amide bonds. The van der Waals surface area contributed by atoms with E-state index in [4.69, 9.17) is 36.7 Å². The fourth-order valence-corrected chi connectivity index (χ4v) is 4.69. The van der Waals surface area contributed by atoms with Gasteiger partial charge in [0.1, 0.15) is 31.1 Å². The summed E-state index contributed by atoms with van der Waals surface area (Å²) in [5.41, 5.74) is 7.35. The molecule has 1 aliphatic rings. The lowest BCUT2D eigenvalue weighted by molar-refractivity contribution is -0.130. The normalized spacial score (nSPS) is 15.0. The monoisotopic (exact) mass is 567 g/mol. The highest BCUT2D eigenvalue weighted by molar-refractivity contribution is 6.34. The first kappa shape index (κ1) is 28.9. The SMILES string of the molecule is COc1cc(CC(=O)COC2CCCN2COc2ccc(C(=O)O)cc2)ccc1N(C(N)=O)c1ccccc1Cl. The molecule has 3 aromatic rings. The molecule has 1 fully saturated rings. The fraction of sp³-hybridized carbons (Fsp3) is 0.276. The molecule has 1 unspecified atom stereocenters. The molecule has 1 aliphatic heterocycles. The second kappa shape index (κ2) is 13.3. The van der Waals surface area contributed by atoms with Crippen molar-refractivity contribution in [3.05, 3.63) is 82.9 Å². The van der Waals surface area contributed by atoms with Gasteiger partial charge in [0.2, 0.25) is 0 Å². The largest absolute Gasteiger partial charge is 0.495 e. The zero-order valence-corrected chi connectivity index (χ0v) is 22.7. The third-order valence-corrected chi connectivity index (χ3v) is 6.76. The lowest BCUT2D eigenvalue weighted by Gasteiger charge is -2.24. The average molecular weight is 568 g/mol. The number of hydrogen-bond donors (Lipinski definition) is 2. The number of amides is 2. The van der Waals surface area contributed by atoms with Gasteiger partial charge in [-0.15, -0.1) is 0 Å². The second-order valence-electron chi connectivity index (χ2n) is 9.17. The van der Waals surface area contributed by atoms with Crippen LogP contribution in [0.3, 0.4) is 0 Å². The summed E-state index contributed by atoms with van der Waals surface area (Å²) in [6, 6.07) is 17.4. The number of likely N-dealkylation sites (tertiary alicyclic amines) is 1. The Morgan fingerprint density at radius 2 is 1.82 bits per heavy atom. The van der Waals surface area contributed by atoms with Crippen molar-refractivity contribution in [2.24, 2.45) is 5.73 Å². The number of halogens is 1. The van der Waals surface area contributed by atoms with Gasteiger partial charge in [-0.25, -0.2) is 14.5 Å². The van der Waals surface area contributed by atoms with Gasteiger partial charge in [0, 0.05) is 13.0 Å². The molecule has 0 radical (unpaired) electrons. The summed E-state index contributed by atoms with van der Waals surface area (Å²) in [5.74, 6) is -0.206. The predicted molar refractivity (Wildman–Crippen MR) is 149 cm³/mol. The molecule has 3 N–H and O–H groups in total. The van der Waals surface area contributed by atoms with E-state index in [1.54, 1.807) is 54.6 Å². The number of methoxy groups -OCH3 is 1. The van der Waals surface area contributed by atoms with E-state index in [2.05, 4.69) is 0 Å². The molecule has 0 spiro atoms. The molecular formula is C29H30ClN3O7.